The highest BCUT2D eigenvalue weighted by molar-refractivity contribution is 5.75. The van der Waals surface area contributed by atoms with Gasteiger partial charge in [0, 0.05) is 12.5 Å². The van der Waals surface area contributed by atoms with Crippen molar-refractivity contribution in [3.63, 3.8) is 0 Å². The number of benzene rings is 1. The molecule has 0 bridgehead atoms. The molecule has 1 heterocycles. The van der Waals surface area contributed by atoms with E-state index in [0.717, 1.165) is 11.1 Å². The molecule has 1 aromatic carbocycles. The number of fused-ring (bicyclic) bond motifs is 1. The first-order valence-electron chi connectivity index (χ1n) is 6.23. The molecule has 0 aliphatic carbocycles. The van der Waals surface area contributed by atoms with Crippen molar-refractivity contribution in [3.05, 3.63) is 34.2 Å². The molecular weight excluding hydrogens is 246 g/mol. The van der Waals surface area contributed by atoms with Gasteiger partial charge in [-0.25, -0.2) is 4.79 Å². The maximum absolute atomic E-state index is 11.3. The molecule has 6 heteroatoms. The molecule has 1 aromatic heterocycles. The number of nitrogens with one attached hydrogen (secondary N) is 2. The highest BCUT2D eigenvalue weighted by Gasteiger charge is 2.11. The molecule has 0 radical (unpaired) electrons. The van der Waals surface area contributed by atoms with Crippen LogP contribution in [0.3, 0.4) is 0 Å². The van der Waals surface area contributed by atoms with Gasteiger partial charge in [0.1, 0.15) is 0 Å². The van der Waals surface area contributed by atoms with Gasteiger partial charge in [0.05, 0.1) is 17.6 Å². The van der Waals surface area contributed by atoms with Crippen LogP contribution in [0.4, 0.5) is 0 Å². The molecule has 1 unspecified atom stereocenters. The van der Waals surface area contributed by atoms with Crippen molar-refractivity contribution >= 4 is 17.0 Å². The summed E-state index contributed by atoms with van der Waals surface area (Å²) >= 11 is 0. The van der Waals surface area contributed by atoms with E-state index in [4.69, 9.17) is 10.5 Å². The summed E-state index contributed by atoms with van der Waals surface area (Å²) in [5.74, 6) is -0.242. The normalized spacial score (nSPS) is 12.5. The van der Waals surface area contributed by atoms with Crippen molar-refractivity contribution in [3.8, 4) is 0 Å². The van der Waals surface area contributed by atoms with E-state index in [0.29, 0.717) is 18.5 Å². The van der Waals surface area contributed by atoms with Crippen LogP contribution in [-0.4, -0.2) is 22.5 Å². The van der Waals surface area contributed by atoms with Crippen LogP contribution in [0.5, 0.6) is 0 Å². The average molecular weight is 263 g/mol. The minimum Gasteiger partial charge on any atom is -0.466 e. The molecule has 1 atom stereocenters. The zero-order chi connectivity index (χ0) is 13.8. The molecule has 0 saturated heterocycles. The summed E-state index contributed by atoms with van der Waals surface area (Å²) in [5, 5.41) is 0. The number of carbonyl (C=O) groups excluding carboxylic acids is 1. The first kappa shape index (κ1) is 13.4. The van der Waals surface area contributed by atoms with Crippen LogP contribution >= 0.6 is 0 Å². The van der Waals surface area contributed by atoms with Gasteiger partial charge in [0.15, 0.2) is 0 Å². The van der Waals surface area contributed by atoms with Gasteiger partial charge in [-0.1, -0.05) is 6.07 Å². The number of ether oxygens (including phenoxy) is 1. The van der Waals surface area contributed by atoms with Crippen LogP contribution < -0.4 is 11.4 Å². The van der Waals surface area contributed by atoms with Gasteiger partial charge >= 0.3 is 11.7 Å². The number of H-pyrrole nitrogens is 2. The van der Waals surface area contributed by atoms with E-state index in [1.807, 2.05) is 12.1 Å². The quantitative estimate of drug-likeness (QED) is 0.705. The Hall–Kier alpha value is -2.08. The number of carbonyl (C=O) groups is 1. The number of esters is 1. The minimum absolute atomic E-state index is 0.242. The van der Waals surface area contributed by atoms with Gasteiger partial charge < -0.3 is 20.4 Å². The van der Waals surface area contributed by atoms with Gasteiger partial charge in [-0.15, -0.1) is 0 Å². The molecule has 0 amide bonds. The fourth-order valence-corrected chi connectivity index (χ4v) is 1.95. The Balaban J connectivity index is 2.06. The lowest BCUT2D eigenvalue weighted by Gasteiger charge is -2.11. The van der Waals surface area contributed by atoms with Crippen LogP contribution in [0.15, 0.2) is 23.0 Å². The summed E-state index contributed by atoms with van der Waals surface area (Å²) in [4.78, 5) is 27.8. The van der Waals surface area contributed by atoms with E-state index in [2.05, 4.69) is 9.97 Å². The van der Waals surface area contributed by atoms with E-state index in [9.17, 15) is 9.59 Å². The number of hydrogen-bond acceptors (Lipinski definition) is 4. The van der Waals surface area contributed by atoms with Crippen molar-refractivity contribution < 1.29 is 9.53 Å². The van der Waals surface area contributed by atoms with Crippen LogP contribution in [0.2, 0.25) is 0 Å². The van der Waals surface area contributed by atoms with E-state index in [-0.39, 0.29) is 24.1 Å². The van der Waals surface area contributed by atoms with Crippen molar-refractivity contribution in [1.82, 2.24) is 9.97 Å². The predicted octanol–water partition coefficient (Wildman–Crippen LogP) is 1.20. The van der Waals surface area contributed by atoms with E-state index >= 15 is 0 Å². The molecule has 102 valence electrons. The molecule has 0 fully saturated rings. The Morgan fingerprint density at radius 2 is 2.11 bits per heavy atom. The molecule has 4 N–H and O–H groups in total. The second kappa shape index (κ2) is 5.71. The standard InChI is InChI=1S/C13H17N3O3/c1-2-19-12(17)6-4-9(14)8-3-5-10-11(7-8)16-13(18)15-10/h3,5,7,9H,2,4,6,14H2,1H3,(H2,15,16,18). The highest BCUT2D eigenvalue weighted by atomic mass is 16.5. The van der Waals surface area contributed by atoms with Crippen LogP contribution in [0.25, 0.3) is 11.0 Å². The highest BCUT2D eigenvalue weighted by Crippen LogP contribution is 2.19. The maximum atomic E-state index is 11.3. The fraction of sp³-hybridized carbons (Fsp3) is 0.385. The van der Waals surface area contributed by atoms with Crippen molar-refractivity contribution in [2.45, 2.75) is 25.8 Å². The number of rotatable bonds is 5. The van der Waals surface area contributed by atoms with E-state index in [1.54, 1.807) is 13.0 Å². The third kappa shape index (κ3) is 3.23. The first-order valence-corrected chi connectivity index (χ1v) is 6.23. The molecule has 0 saturated carbocycles. The minimum atomic E-state index is -0.257. The molecule has 2 rings (SSSR count). The Labute approximate surface area is 110 Å². The van der Waals surface area contributed by atoms with Crippen molar-refractivity contribution in [2.75, 3.05) is 6.61 Å². The van der Waals surface area contributed by atoms with E-state index < -0.39 is 0 Å². The van der Waals surface area contributed by atoms with Crippen LogP contribution in [-0.2, 0) is 9.53 Å². The third-order valence-electron chi connectivity index (χ3n) is 2.93. The van der Waals surface area contributed by atoms with Crippen molar-refractivity contribution in [2.24, 2.45) is 5.73 Å². The van der Waals surface area contributed by atoms with Gasteiger partial charge in [-0.2, -0.15) is 0 Å². The largest absolute Gasteiger partial charge is 0.466 e. The smallest absolute Gasteiger partial charge is 0.323 e. The van der Waals surface area contributed by atoms with Gasteiger partial charge in [-0.05, 0) is 31.0 Å². The van der Waals surface area contributed by atoms with Gasteiger partial charge in [-0.3, -0.25) is 4.79 Å². The van der Waals surface area contributed by atoms with Gasteiger partial charge in [0.25, 0.3) is 0 Å². The zero-order valence-corrected chi connectivity index (χ0v) is 10.7. The summed E-state index contributed by atoms with van der Waals surface area (Å²) < 4.78 is 4.85. The predicted molar refractivity (Wildman–Crippen MR) is 71.7 cm³/mol. The molecule has 19 heavy (non-hydrogen) atoms. The lowest BCUT2D eigenvalue weighted by Crippen LogP contribution is -2.13. The number of nitrogens with two attached hydrogens (primary N) is 1. The average Bonchev–Trinajstić information content (AvgIpc) is 2.75. The third-order valence-corrected chi connectivity index (χ3v) is 2.93. The number of hydrogen-bond donors (Lipinski definition) is 3. The SMILES string of the molecule is CCOC(=O)CCC(N)c1ccc2[nH]c(=O)[nH]c2c1. The summed E-state index contributed by atoms with van der Waals surface area (Å²) in [7, 11) is 0. The Bertz CT molecular complexity index is 629. The first-order chi connectivity index (χ1) is 9.10. The molecule has 2 aromatic rings. The molecule has 0 aliphatic heterocycles. The lowest BCUT2D eigenvalue weighted by molar-refractivity contribution is -0.143. The summed E-state index contributed by atoms with van der Waals surface area (Å²) in [5.41, 5.74) is 8.12. The lowest BCUT2D eigenvalue weighted by atomic mass is 10.0. The monoisotopic (exact) mass is 263 g/mol. The molecule has 6 nitrogen and oxygen atoms in total. The zero-order valence-electron chi connectivity index (χ0n) is 10.7. The van der Waals surface area contributed by atoms with E-state index in [1.165, 1.54) is 0 Å². The Kier molecular flexibility index (Phi) is 4.01. The summed E-state index contributed by atoms with van der Waals surface area (Å²) in [6, 6.07) is 5.21. The molecular formula is C13H17N3O3. The topological polar surface area (TPSA) is 101 Å². The second-order valence-corrected chi connectivity index (χ2v) is 4.33. The number of aromatic nitrogens is 2. The van der Waals surface area contributed by atoms with Crippen LogP contribution in [0, 0.1) is 0 Å². The summed E-state index contributed by atoms with van der Waals surface area (Å²) in [6.07, 6.45) is 0.801. The fourth-order valence-electron chi connectivity index (χ4n) is 1.95. The Morgan fingerprint density at radius 1 is 1.37 bits per heavy atom. The summed E-state index contributed by atoms with van der Waals surface area (Å²) in [6.45, 7) is 2.15. The maximum Gasteiger partial charge on any atom is 0.323 e. The van der Waals surface area contributed by atoms with Gasteiger partial charge in [0.2, 0.25) is 0 Å². The Morgan fingerprint density at radius 3 is 2.84 bits per heavy atom. The second-order valence-electron chi connectivity index (χ2n) is 4.33. The number of imidazole rings is 1. The molecule has 0 aliphatic rings. The van der Waals surface area contributed by atoms with Crippen molar-refractivity contribution in [1.29, 1.82) is 0 Å². The van der Waals surface area contributed by atoms with Crippen LogP contribution in [0.1, 0.15) is 31.4 Å². The molecule has 0 spiro atoms. The number of aromatic amines is 2.